The lowest BCUT2D eigenvalue weighted by Gasteiger charge is -2.20. The molecule has 25 heavy (non-hydrogen) atoms. The second-order valence-electron chi connectivity index (χ2n) is 5.77. The van der Waals surface area contributed by atoms with Gasteiger partial charge in [-0.15, -0.1) is 6.42 Å². The molecule has 0 radical (unpaired) electrons. The second kappa shape index (κ2) is 10.3. The van der Waals surface area contributed by atoms with E-state index in [1.54, 1.807) is 11.8 Å². The summed E-state index contributed by atoms with van der Waals surface area (Å²) in [4.78, 5) is 12.3. The maximum atomic E-state index is 13.7. The first-order chi connectivity index (χ1) is 11.8. The number of carbonyl (C=O) groups is 1. The van der Waals surface area contributed by atoms with Crippen LogP contribution in [0.1, 0.15) is 44.2 Å². The minimum atomic E-state index is -3.08. The highest BCUT2D eigenvalue weighted by molar-refractivity contribution is 7.98. The van der Waals surface area contributed by atoms with Crippen LogP contribution >= 0.6 is 11.8 Å². The smallest absolute Gasteiger partial charge is 0.271 e. The van der Waals surface area contributed by atoms with Crippen LogP contribution in [0, 0.1) is 12.3 Å². The Kier molecular flexibility index (Phi) is 8.77. The van der Waals surface area contributed by atoms with Crippen LogP contribution < -0.4 is 10.1 Å². The summed E-state index contributed by atoms with van der Waals surface area (Å²) in [7, 11) is 0. The number of hydrogen-bond donors (Lipinski definition) is 1. The molecule has 1 rings (SSSR count). The summed E-state index contributed by atoms with van der Waals surface area (Å²) in [5, 5.41) is 2.83. The Labute approximate surface area is 152 Å². The Bertz CT molecular complexity index is 608. The van der Waals surface area contributed by atoms with Crippen LogP contribution in [-0.4, -0.2) is 30.6 Å². The summed E-state index contributed by atoms with van der Waals surface area (Å²) in [5.41, 5.74) is -0.156. The van der Waals surface area contributed by atoms with Gasteiger partial charge in [-0.1, -0.05) is 19.3 Å². The van der Waals surface area contributed by atoms with Gasteiger partial charge >= 0.3 is 0 Å². The quantitative estimate of drug-likeness (QED) is 0.496. The van der Waals surface area contributed by atoms with E-state index in [1.807, 2.05) is 13.2 Å². The van der Waals surface area contributed by atoms with E-state index in [2.05, 4.69) is 11.2 Å². The summed E-state index contributed by atoms with van der Waals surface area (Å²) in [6, 6.07) is 4.16. The van der Waals surface area contributed by atoms with E-state index in [0.29, 0.717) is 13.0 Å². The van der Waals surface area contributed by atoms with Gasteiger partial charge in [0.25, 0.3) is 11.8 Å². The van der Waals surface area contributed by atoms with Gasteiger partial charge in [-0.2, -0.15) is 11.8 Å². The zero-order chi connectivity index (χ0) is 18.9. The lowest BCUT2D eigenvalue weighted by Crippen LogP contribution is -2.39. The molecule has 1 atom stereocenters. The van der Waals surface area contributed by atoms with Gasteiger partial charge in [0.15, 0.2) is 6.10 Å². The molecule has 3 nitrogen and oxygen atoms in total. The second-order valence-corrected chi connectivity index (χ2v) is 6.76. The highest BCUT2D eigenvalue weighted by atomic mass is 32.2. The fourth-order valence-electron chi connectivity index (χ4n) is 2.30. The zero-order valence-corrected chi connectivity index (χ0v) is 15.7. The number of rotatable bonds is 10. The highest BCUT2D eigenvalue weighted by Crippen LogP contribution is 2.32. The molecular weight excluding hydrogens is 344 g/mol. The number of ether oxygens (including phenoxy) is 1. The number of alkyl halides is 2. The molecule has 1 N–H and O–H groups in total. The number of amides is 1. The molecule has 138 valence electrons. The average Bonchev–Trinajstić information content (AvgIpc) is 2.57. The molecule has 0 aliphatic heterocycles. The Hall–Kier alpha value is -1.74. The van der Waals surface area contributed by atoms with Crippen LogP contribution in [0.15, 0.2) is 18.2 Å². The molecule has 0 aliphatic carbocycles. The molecule has 1 aromatic rings. The molecule has 0 saturated heterocycles. The third-order valence-corrected chi connectivity index (χ3v) is 4.26. The summed E-state index contributed by atoms with van der Waals surface area (Å²) in [6.45, 7) is 3.29. The van der Waals surface area contributed by atoms with Crippen molar-refractivity contribution in [3.63, 3.8) is 0 Å². The molecule has 0 spiro atoms. The Morgan fingerprint density at radius 1 is 1.48 bits per heavy atom. The lowest BCUT2D eigenvalue weighted by atomic mass is 10.0. The first-order valence-electron chi connectivity index (χ1n) is 8.25. The van der Waals surface area contributed by atoms with Crippen molar-refractivity contribution in [2.75, 3.05) is 18.6 Å². The third kappa shape index (κ3) is 6.95. The first kappa shape index (κ1) is 21.3. The molecule has 0 heterocycles. The van der Waals surface area contributed by atoms with Gasteiger partial charge in [0.1, 0.15) is 5.75 Å². The van der Waals surface area contributed by atoms with Crippen molar-refractivity contribution >= 4 is 17.7 Å². The standard InChI is InChI=1S/C19H25F2NO2S/c1-5-8-17(18(23)22-11-7-12-25-4)24-15-10-9-14(6-2)16(13-15)19(3,20)21/h2,9-10,13,17H,5,7-8,11-12H2,1,3-4H3,(H,22,23). The van der Waals surface area contributed by atoms with Gasteiger partial charge in [-0.3, -0.25) is 4.79 Å². The molecule has 1 unspecified atom stereocenters. The summed E-state index contributed by atoms with van der Waals surface area (Å²) in [5.74, 6) is 0.120. The normalized spacial score (nSPS) is 12.3. The molecule has 0 aromatic heterocycles. The van der Waals surface area contributed by atoms with Crippen LogP contribution in [0.5, 0.6) is 5.75 Å². The molecule has 0 fully saturated rings. The van der Waals surface area contributed by atoms with Gasteiger partial charge in [-0.05, 0) is 43.0 Å². The number of carbonyl (C=O) groups excluding carboxylic acids is 1. The van der Waals surface area contributed by atoms with Crippen LogP contribution in [-0.2, 0) is 10.7 Å². The predicted molar refractivity (Wildman–Crippen MR) is 99.3 cm³/mol. The number of halogens is 2. The topological polar surface area (TPSA) is 38.3 Å². The minimum absolute atomic E-state index is 0.119. The van der Waals surface area contributed by atoms with Crippen LogP contribution in [0.2, 0.25) is 0 Å². The number of benzene rings is 1. The van der Waals surface area contributed by atoms with Crippen LogP contribution in [0.25, 0.3) is 0 Å². The van der Waals surface area contributed by atoms with Crippen molar-refractivity contribution in [3.05, 3.63) is 29.3 Å². The van der Waals surface area contributed by atoms with E-state index in [4.69, 9.17) is 11.2 Å². The van der Waals surface area contributed by atoms with E-state index in [0.717, 1.165) is 25.5 Å². The monoisotopic (exact) mass is 369 g/mol. The van der Waals surface area contributed by atoms with Crippen molar-refractivity contribution < 1.29 is 18.3 Å². The largest absolute Gasteiger partial charge is 0.481 e. The van der Waals surface area contributed by atoms with E-state index >= 15 is 0 Å². The summed E-state index contributed by atoms with van der Waals surface area (Å²) in [6.07, 6.45) is 8.69. The number of thioether (sulfide) groups is 1. The molecule has 0 bridgehead atoms. The van der Waals surface area contributed by atoms with Crippen LogP contribution in [0.3, 0.4) is 0 Å². The Balaban J connectivity index is 2.88. The van der Waals surface area contributed by atoms with Gasteiger partial charge < -0.3 is 10.1 Å². The lowest BCUT2D eigenvalue weighted by molar-refractivity contribution is -0.128. The number of hydrogen-bond acceptors (Lipinski definition) is 3. The predicted octanol–water partition coefficient (Wildman–Crippen LogP) is 4.20. The third-order valence-electron chi connectivity index (χ3n) is 3.57. The fraction of sp³-hybridized carbons (Fsp3) is 0.526. The number of terminal acetylenes is 1. The van der Waals surface area contributed by atoms with Crippen molar-refractivity contribution in [3.8, 4) is 18.1 Å². The molecule has 1 amide bonds. The van der Waals surface area contributed by atoms with Crippen LogP contribution in [0.4, 0.5) is 8.78 Å². The minimum Gasteiger partial charge on any atom is -0.481 e. The van der Waals surface area contributed by atoms with E-state index in [9.17, 15) is 13.6 Å². The van der Waals surface area contributed by atoms with Crippen molar-refractivity contribution in [1.82, 2.24) is 5.32 Å². The highest BCUT2D eigenvalue weighted by Gasteiger charge is 2.28. The van der Waals surface area contributed by atoms with E-state index in [1.165, 1.54) is 18.2 Å². The van der Waals surface area contributed by atoms with Gasteiger partial charge in [-0.25, -0.2) is 8.78 Å². The van der Waals surface area contributed by atoms with Gasteiger partial charge in [0.2, 0.25) is 0 Å². The molecule has 0 saturated carbocycles. The van der Waals surface area contributed by atoms with E-state index in [-0.39, 0.29) is 22.8 Å². The van der Waals surface area contributed by atoms with Crippen molar-refractivity contribution in [2.45, 2.75) is 45.1 Å². The molecule has 6 heteroatoms. The average molecular weight is 369 g/mol. The zero-order valence-electron chi connectivity index (χ0n) is 14.9. The maximum absolute atomic E-state index is 13.7. The summed E-state index contributed by atoms with van der Waals surface area (Å²) < 4.78 is 33.2. The Morgan fingerprint density at radius 2 is 2.20 bits per heavy atom. The van der Waals surface area contributed by atoms with Gasteiger partial charge in [0.05, 0.1) is 0 Å². The molecule has 1 aromatic carbocycles. The molecular formula is C19H25F2NO2S. The number of nitrogens with one attached hydrogen (secondary N) is 1. The van der Waals surface area contributed by atoms with Crippen molar-refractivity contribution in [2.24, 2.45) is 0 Å². The van der Waals surface area contributed by atoms with Crippen molar-refractivity contribution in [1.29, 1.82) is 0 Å². The van der Waals surface area contributed by atoms with E-state index < -0.39 is 12.0 Å². The maximum Gasteiger partial charge on any atom is 0.271 e. The fourth-order valence-corrected chi connectivity index (χ4v) is 2.73. The molecule has 0 aliphatic rings. The summed E-state index contributed by atoms with van der Waals surface area (Å²) >= 11 is 1.71. The first-order valence-corrected chi connectivity index (χ1v) is 9.65. The Morgan fingerprint density at radius 3 is 2.76 bits per heavy atom. The SMILES string of the molecule is C#Cc1ccc(OC(CCC)C(=O)NCCCSC)cc1C(C)(F)F. The van der Waals surface area contributed by atoms with Gasteiger partial charge in [0, 0.05) is 24.6 Å².